The average Bonchev–Trinajstić information content (AvgIpc) is 3.08. The van der Waals surface area contributed by atoms with Crippen molar-refractivity contribution in [2.24, 2.45) is 5.92 Å². The fraction of sp³-hybridized carbons (Fsp3) is 0.480. The van der Waals surface area contributed by atoms with Gasteiger partial charge in [-0.15, -0.1) is 11.3 Å². The van der Waals surface area contributed by atoms with Crippen LogP contribution in [0.2, 0.25) is 0 Å². The number of piperidine rings is 1. The normalized spacial score (nSPS) is 15.3. The summed E-state index contributed by atoms with van der Waals surface area (Å²) in [5.74, 6) is 0.778. The predicted octanol–water partition coefficient (Wildman–Crippen LogP) is 4.01. The first-order valence-electron chi connectivity index (χ1n) is 11.4. The molecule has 1 amide bonds. The van der Waals surface area contributed by atoms with E-state index in [4.69, 9.17) is 0 Å². The van der Waals surface area contributed by atoms with Crippen LogP contribution in [-0.2, 0) is 24.4 Å². The SMILES string of the molecule is Cc1sc2ncn(CCC(=O)NCc3ccc(CN4CCC(C)CC4)cc3)c(=O)c2c1C. The highest BCUT2D eigenvalue weighted by Crippen LogP contribution is 2.25. The van der Waals surface area contributed by atoms with E-state index >= 15 is 0 Å². The lowest BCUT2D eigenvalue weighted by atomic mass is 9.99. The van der Waals surface area contributed by atoms with Crippen LogP contribution in [-0.4, -0.2) is 33.4 Å². The largest absolute Gasteiger partial charge is 0.352 e. The van der Waals surface area contributed by atoms with Crippen molar-refractivity contribution >= 4 is 27.5 Å². The third kappa shape index (κ3) is 5.27. The Bertz CT molecular complexity index is 1140. The van der Waals surface area contributed by atoms with Crippen LogP contribution >= 0.6 is 11.3 Å². The van der Waals surface area contributed by atoms with Crippen molar-refractivity contribution in [1.82, 2.24) is 19.8 Å². The number of thiophene rings is 1. The number of hydrogen-bond donors (Lipinski definition) is 1. The van der Waals surface area contributed by atoms with Gasteiger partial charge in [0.1, 0.15) is 4.83 Å². The Hall–Kier alpha value is -2.51. The van der Waals surface area contributed by atoms with Crippen LogP contribution < -0.4 is 10.9 Å². The fourth-order valence-corrected chi connectivity index (χ4v) is 5.17. The number of nitrogens with one attached hydrogen (secondary N) is 1. The van der Waals surface area contributed by atoms with Crippen LogP contribution in [0.5, 0.6) is 0 Å². The molecule has 1 N–H and O–H groups in total. The Labute approximate surface area is 193 Å². The Kier molecular flexibility index (Phi) is 7.06. The molecule has 7 heteroatoms. The molecule has 3 heterocycles. The first kappa shape index (κ1) is 22.7. The van der Waals surface area contributed by atoms with E-state index in [2.05, 4.69) is 46.4 Å². The first-order chi connectivity index (χ1) is 15.4. The molecule has 170 valence electrons. The third-order valence-corrected chi connectivity index (χ3v) is 7.65. The van der Waals surface area contributed by atoms with E-state index in [-0.39, 0.29) is 17.9 Å². The maximum atomic E-state index is 12.7. The number of hydrogen-bond acceptors (Lipinski definition) is 5. The standard InChI is InChI=1S/C25H32N4O2S/c1-17-8-11-28(12-9-17)15-21-6-4-20(5-7-21)14-26-22(30)10-13-29-16-27-24-23(25(29)31)18(2)19(3)32-24/h4-7,16-17H,8-15H2,1-3H3,(H,26,30). The molecule has 0 radical (unpaired) electrons. The molecule has 1 aromatic carbocycles. The van der Waals surface area contributed by atoms with E-state index in [0.29, 0.717) is 18.5 Å². The van der Waals surface area contributed by atoms with E-state index in [9.17, 15) is 9.59 Å². The van der Waals surface area contributed by atoms with Crippen molar-refractivity contribution in [2.45, 2.75) is 59.7 Å². The number of benzene rings is 1. The molecule has 3 aromatic rings. The number of rotatable bonds is 7. The van der Waals surface area contributed by atoms with Crippen LogP contribution in [0.4, 0.5) is 0 Å². The second-order valence-corrected chi connectivity index (χ2v) is 10.2. The summed E-state index contributed by atoms with van der Waals surface area (Å²) < 4.78 is 1.54. The van der Waals surface area contributed by atoms with E-state index in [0.717, 1.165) is 33.3 Å². The number of carbonyl (C=O) groups excluding carboxylic acids is 1. The Morgan fingerprint density at radius 1 is 1.16 bits per heavy atom. The second-order valence-electron chi connectivity index (χ2n) is 9.01. The van der Waals surface area contributed by atoms with Crippen LogP contribution in [0.1, 0.15) is 47.8 Å². The van der Waals surface area contributed by atoms with Gasteiger partial charge in [-0.3, -0.25) is 19.1 Å². The summed E-state index contributed by atoms with van der Waals surface area (Å²) in [6.07, 6.45) is 4.37. The van der Waals surface area contributed by atoms with E-state index in [1.807, 2.05) is 13.8 Å². The molecule has 0 saturated carbocycles. The molecule has 1 fully saturated rings. The minimum absolute atomic E-state index is 0.0663. The zero-order valence-electron chi connectivity index (χ0n) is 19.2. The summed E-state index contributed by atoms with van der Waals surface area (Å²) in [6.45, 7) is 10.5. The van der Waals surface area contributed by atoms with E-state index in [1.54, 1.807) is 6.33 Å². The van der Waals surface area contributed by atoms with Crippen molar-refractivity contribution < 1.29 is 4.79 Å². The van der Waals surface area contributed by atoms with E-state index in [1.165, 1.54) is 47.4 Å². The molecule has 1 aliphatic heterocycles. The van der Waals surface area contributed by atoms with Gasteiger partial charge in [0.2, 0.25) is 5.91 Å². The molecule has 0 unspecified atom stereocenters. The molecule has 0 spiro atoms. The van der Waals surface area contributed by atoms with Gasteiger partial charge in [-0.1, -0.05) is 31.2 Å². The molecule has 1 saturated heterocycles. The summed E-state index contributed by atoms with van der Waals surface area (Å²) in [5, 5.41) is 3.64. The third-order valence-electron chi connectivity index (χ3n) is 6.53. The highest BCUT2D eigenvalue weighted by atomic mass is 32.1. The minimum Gasteiger partial charge on any atom is -0.352 e. The first-order valence-corrected chi connectivity index (χ1v) is 12.2. The molecule has 6 nitrogen and oxygen atoms in total. The van der Waals surface area contributed by atoms with Crippen molar-refractivity contribution in [1.29, 1.82) is 0 Å². The lowest BCUT2D eigenvalue weighted by Gasteiger charge is -2.30. The fourth-order valence-electron chi connectivity index (χ4n) is 4.18. The van der Waals surface area contributed by atoms with Gasteiger partial charge >= 0.3 is 0 Å². The molecule has 2 aromatic heterocycles. The Morgan fingerprint density at radius 2 is 1.84 bits per heavy atom. The van der Waals surface area contributed by atoms with Crippen molar-refractivity contribution in [3.8, 4) is 0 Å². The maximum absolute atomic E-state index is 12.7. The number of nitrogens with zero attached hydrogens (tertiary/aromatic N) is 3. The van der Waals surface area contributed by atoms with Gasteiger partial charge in [0.25, 0.3) is 5.56 Å². The summed E-state index contributed by atoms with van der Waals surface area (Å²) in [5.41, 5.74) is 3.32. The van der Waals surface area contributed by atoms with Crippen molar-refractivity contribution in [3.63, 3.8) is 0 Å². The predicted molar refractivity (Wildman–Crippen MR) is 130 cm³/mol. The average molecular weight is 453 g/mol. The monoisotopic (exact) mass is 452 g/mol. The van der Waals surface area contributed by atoms with Crippen molar-refractivity contribution in [3.05, 3.63) is 62.5 Å². The van der Waals surface area contributed by atoms with Gasteiger partial charge in [-0.05, 0) is 62.4 Å². The highest BCUT2D eigenvalue weighted by Gasteiger charge is 2.16. The van der Waals surface area contributed by atoms with Gasteiger partial charge in [-0.25, -0.2) is 4.98 Å². The van der Waals surface area contributed by atoms with Crippen LogP contribution in [0.25, 0.3) is 10.2 Å². The van der Waals surface area contributed by atoms with Gasteiger partial charge in [-0.2, -0.15) is 0 Å². The number of carbonyl (C=O) groups is 1. The summed E-state index contributed by atoms with van der Waals surface area (Å²) in [7, 11) is 0. The Morgan fingerprint density at radius 3 is 2.56 bits per heavy atom. The molecule has 1 aliphatic rings. The number of aryl methyl sites for hydroxylation is 3. The van der Waals surface area contributed by atoms with E-state index < -0.39 is 0 Å². The van der Waals surface area contributed by atoms with Gasteiger partial charge in [0.05, 0.1) is 11.7 Å². The summed E-state index contributed by atoms with van der Waals surface area (Å²) in [6, 6.07) is 8.49. The summed E-state index contributed by atoms with van der Waals surface area (Å²) >= 11 is 1.54. The second kappa shape index (κ2) is 9.96. The molecule has 4 rings (SSSR count). The number of likely N-dealkylation sites (tertiary alicyclic amines) is 1. The molecular weight excluding hydrogens is 420 g/mol. The molecule has 32 heavy (non-hydrogen) atoms. The van der Waals surface area contributed by atoms with Crippen LogP contribution in [0.15, 0.2) is 35.4 Å². The topological polar surface area (TPSA) is 67.2 Å². The smallest absolute Gasteiger partial charge is 0.262 e. The maximum Gasteiger partial charge on any atom is 0.262 e. The number of aromatic nitrogens is 2. The lowest BCUT2D eigenvalue weighted by Crippen LogP contribution is -2.32. The zero-order chi connectivity index (χ0) is 22.7. The molecule has 0 bridgehead atoms. The van der Waals surface area contributed by atoms with Gasteiger partial charge < -0.3 is 5.32 Å². The molecular formula is C25H32N4O2S. The highest BCUT2D eigenvalue weighted by molar-refractivity contribution is 7.18. The summed E-state index contributed by atoms with van der Waals surface area (Å²) in [4.78, 5) is 33.9. The minimum atomic E-state index is -0.0678. The van der Waals surface area contributed by atoms with Crippen molar-refractivity contribution in [2.75, 3.05) is 13.1 Å². The quantitative estimate of drug-likeness (QED) is 0.588. The van der Waals surface area contributed by atoms with Gasteiger partial charge in [0.15, 0.2) is 0 Å². The zero-order valence-corrected chi connectivity index (χ0v) is 20.0. The van der Waals surface area contributed by atoms with Crippen LogP contribution in [0.3, 0.4) is 0 Å². The molecule has 0 atom stereocenters. The molecule has 0 aliphatic carbocycles. The van der Waals surface area contributed by atoms with Crippen LogP contribution in [0, 0.1) is 19.8 Å². The van der Waals surface area contributed by atoms with Gasteiger partial charge in [0, 0.05) is 30.9 Å². The number of fused-ring (bicyclic) bond motifs is 1. The Balaban J connectivity index is 1.26. The lowest BCUT2D eigenvalue weighted by molar-refractivity contribution is -0.121. The number of amides is 1.